The Kier molecular flexibility index (Phi) is 5.82. The number of fused-ring (bicyclic) bond motifs is 7. The van der Waals surface area contributed by atoms with Gasteiger partial charge in [-0.2, -0.15) is 0 Å². The summed E-state index contributed by atoms with van der Waals surface area (Å²) in [6.45, 7) is 0. The number of nitrogens with zero attached hydrogens (tertiary/aromatic N) is 2. The highest BCUT2D eigenvalue weighted by Crippen LogP contribution is 2.40. The number of hydrogen-bond donors (Lipinski definition) is 0. The second-order valence-corrected chi connectivity index (χ2v) is 13.5. The van der Waals surface area contributed by atoms with Crippen molar-refractivity contribution in [3.63, 3.8) is 0 Å². The Labute approximate surface area is 292 Å². The van der Waals surface area contributed by atoms with E-state index in [0.717, 1.165) is 66.0 Å². The van der Waals surface area contributed by atoms with Crippen molar-refractivity contribution in [3.05, 3.63) is 180 Å². The smallest absolute Gasteiger partial charge is 0.264 e. The minimum Gasteiger partial charge on any atom is -0.268 e. The molecule has 0 atom stereocenters. The van der Waals surface area contributed by atoms with Crippen LogP contribution in [0.1, 0.15) is 0 Å². The van der Waals surface area contributed by atoms with Gasteiger partial charge in [0.1, 0.15) is 5.65 Å². The first kappa shape index (κ1) is 28.0. The van der Waals surface area contributed by atoms with Crippen molar-refractivity contribution in [2.45, 2.75) is 0 Å². The lowest BCUT2D eigenvalue weighted by atomic mass is 9.93. The van der Waals surface area contributed by atoms with Crippen LogP contribution in [-0.2, 0) is 0 Å². The molecule has 0 radical (unpaired) electrons. The molecule has 0 aliphatic rings. The zero-order chi connectivity index (χ0) is 33.6. The normalized spacial score (nSPS) is 12.0. The van der Waals surface area contributed by atoms with Crippen LogP contribution in [0.25, 0.3) is 104 Å². The van der Waals surface area contributed by atoms with Gasteiger partial charge in [-0.05, 0) is 108 Å². The van der Waals surface area contributed by atoms with Gasteiger partial charge >= 0.3 is 0 Å². The third-order valence-electron chi connectivity index (χ3n) is 10.7. The molecule has 0 amide bonds. The Bertz CT molecular complexity index is 3280. The average Bonchev–Trinajstić information content (AvgIpc) is 3.59. The fourth-order valence-electron chi connectivity index (χ4n) is 8.20. The van der Waals surface area contributed by atoms with Gasteiger partial charge in [0.15, 0.2) is 0 Å². The topological polar surface area (TPSA) is 34.4 Å². The highest BCUT2D eigenvalue weighted by atomic mass is 16.1. The SMILES string of the molecule is O=c1c2cccc3c(-c4ccc5ccccc5c4)ccc(c32)c2nc3cc(-c4ccc5ccccc5c4)cc(-c4ccc5ccccc5c4)c3n12. The summed E-state index contributed by atoms with van der Waals surface area (Å²) in [5, 5.41) is 10.8. The lowest BCUT2D eigenvalue weighted by Gasteiger charge is -2.13. The summed E-state index contributed by atoms with van der Waals surface area (Å²) in [5.74, 6) is 0. The number of hydrogen-bond acceptors (Lipinski definition) is 2. The molecule has 11 aromatic rings. The molecule has 0 saturated carbocycles. The van der Waals surface area contributed by atoms with Crippen molar-refractivity contribution < 1.29 is 0 Å². The minimum absolute atomic E-state index is 0.0539. The van der Waals surface area contributed by atoms with E-state index >= 15 is 0 Å². The first-order valence-corrected chi connectivity index (χ1v) is 17.3. The number of rotatable bonds is 3. The van der Waals surface area contributed by atoms with Crippen LogP contribution in [0.5, 0.6) is 0 Å². The molecule has 0 unspecified atom stereocenters. The van der Waals surface area contributed by atoms with Crippen molar-refractivity contribution in [2.24, 2.45) is 0 Å². The quantitative estimate of drug-likeness (QED) is 0.191. The van der Waals surface area contributed by atoms with Crippen LogP contribution in [0.4, 0.5) is 0 Å². The minimum atomic E-state index is -0.0539. The van der Waals surface area contributed by atoms with Crippen LogP contribution >= 0.6 is 0 Å². The maximum atomic E-state index is 14.8. The van der Waals surface area contributed by atoms with Crippen LogP contribution in [-0.4, -0.2) is 9.38 Å². The molecule has 0 aliphatic heterocycles. The molecule has 9 aromatic carbocycles. The van der Waals surface area contributed by atoms with Gasteiger partial charge in [0.2, 0.25) is 0 Å². The van der Waals surface area contributed by atoms with Crippen LogP contribution in [0.3, 0.4) is 0 Å². The van der Waals surface area contributed by atoms with E-state index in [1.165, 1.54) is 26.9 Å². The molecule has 0 aliphatic carbocycles. The highest BCUT2D eigenvalue weighted by molar-refractivity contribution is 6.20. The Balaban J connectivity index is 1.23. The Morgan fingerprint density at radius 1 is 0.392 bits per heavy atom. The van der Waals surface area contributed by atoms with Gasteiger partial charge in [-0.25, -0.2) is 4.98 Å². The molecule has 0 N–H and O–H groups in total. The zero-order valence-corrected chi connectivity index (χ0v) is 27.5. The molecule has 2 heterocycles. The lowest BCUT2D eigenvalue weighted by Crippen LogP contribution is -2.13. The Morgan fingerprint density at radius 2 is 0.941 bits per heavy atom. The highest BCUT2D eigenvalue weighted by Gasteiger charge is 2.21. The van der Waals surface area contributed by atoms with Crippen LogP contribution in [0.2, 0.25) is 0 Å². The predicted molar refractivity (Wildman–Crippen MR) is 214 cm³/mol. The van der Waals surface area contributed by atoms with Crippen molar-refractivity contribution in [1.29, 1.82) is 0 Å². The van der Waals surface area contributed by atoms with Gasteiger partial charge < -0.3 is 0 Å². The largest absolute Gasteiger partial charge is 0.268 e. The van der Waals surface area contributed by atoms with Crippen molar-refractivity contribution in [2.75, 3.05) is 0 Å². The standard InChI is InChI=1S/C48H28N2O/c51-48-42-15-7-14-40-39(36-20-17-30-9-2-5-12-33(30)25-36)22-23-41(45(40)42)47-49-44-28-38(35-19-16-29-8-1-4-11-32(29)24-35)27-43(46(44)50(47)48)37-21-18-31-10-3-6-13-34(31)26-37/h1-28H. The number of pyridine rings is 1. The van der Waals surface area contributed by atoms with E-state index < -0.39 is 0 Å². The van der Waals surface area contributed by atoms with Gasteiger partial charge in [-0.15, -0.1) is 0 Å². The first-order valence-electron chi connectivity index (χ1n) is 17.3. The van der Waals surface area contributed by atoms with E-state index in [0.29, 0.717) is 11.0 Å². The predicted octanol–water partition coefficient (Wildman–Crippen LogP) is 12.1. The van der Waals surface area contributed by atoms with Crippen molar-refractivity contribution in [3.8, 4) is 33.4 Å². The summed E-state index contributed by atoms with van der Waals surface area (Å²) >= 11 is 0. The summed E-state index contributed by atoms with van der Waals surface area (Å²) in [7, 11) is 0. The van der Waals surface area contributed by atoms with E-state index in [2.05, 4.69) is 158 Å². The summed E-state index contributed by atoms with van der Waals surface area (Å²) in [5.41, 5.74) is 8.70. The molecule has 3 heteroatoms. The third kappa shape index (κ3) is 4.19. The molecule has 0 fully saturated rings. The van der Waals surface area contributed by atoms with Crippen LogP contribution in [0.15, 0.2) is 175 Å². The molecule has 2 aromatic heterocycles. The van der Waals surface area contributed by atoms with Crippen LogP contribution < -0.4 is 5.56 Å². The maximum Gasteiger partial charge on any atom is 0.264 e. The fraction of sp³-hybridized carbons (Fsp3) is 0. The van der Waals surface area contributed by atoms with Gasteiger partial charge in [-0.3, -0.25) is 9.20 Å². The Hall–Kier alpha value is -6.84. The second kappa shape index (κ2) is 10.6. The van der Waals surface area contributed by atoms with E-state index in [4.69, 9.17) is 4.98 Å². The number of aromatic nitrogens is 2. The maximum absolute atomic E-state index is 14.8. The monoisotopic (exact) mass is 648 g/mol. The summed E-state index contributed by atoms with van der Waals surface area (Å²) < 4.78 is 1.86. The van der Waals surface area contributed by atoms with Crippen molar-refractivity contribution >= 4 is 70.5 Å². The molecule has 0 bridgehead atoms. The summed E-state index contributed by atoms with van der Waals surface area (Å²) in [6, 6.07) is 59.9. The second-order valence-electron chi connectivity index (χ2n) is 13.5. The van der Waals surface area contributed by atoms with E-state index in [-0.39, 0.29) is 5.56 Å². The zero-order valence-electron chi connectivity index (χ0n) is 27.5. The number of imidazole rings is 1. The molecule has 3 nitrogen and oxygen atoms in total. The van der Waals surface area contributed by atoms with E-state index in [1.807, 2.05) is 16.5 Å². The summed E-state index contributed by atoms with van der Waals surface area (Å²) in [4.78, 5) is 20.1. The molecule has 51 heavy (non-hydrogen) atoms. The lowest BCUT2D eigenvalue weighted by molar-refractivity contribution is 1.19. The molecule has 0 spiro atoms. The average molecular weight is 649 g/mol. The third-order valence-corrected chi connectivity index (χ3v) is 10.7. The molecule has 236 valence electrons. The molecular weight excluding hydrogens is 621 g/mol. The fourth-order valence-corrected chi connectivity index (χ4v) is 8.20. The van der Waals surface area contributed by atoms with Gasteiger partial charge in [-0.1, -0.05) is 127 Å². The molecule has 0 saturated heterocycles. The van der Waals surface area contributed by atoms with Gasteiger partial charge in [0.05, 0.1) is 11.0 Å². The van der Waals surface area contributed by atoms with Gasteiger partial charge in [0, 0.05) is 21.7 Å². The first-order chi connectivity index (χ1) is 25.2. The summed E-state index contributed by atoms with van der Waals surface area (Å²) in [6.07, 6.45) is 0. The van der Waals surface area contributed by atoms with E-state index in [1.54, 1.807) is 0 Å². The molecular formula is C48H28N2O. The van der Waals surface area contributed by atoms with Crippen molar-refractivity contribution in [1.82, 2.24) is 9.38 Å². The van der Waals surface area contributed by atoms with Crippen LogP contribution in [0, 0.1) is 0 Å². The molecule has 11 rings (SSSR count). The number of benzene rings is 9. The van der Waals surface area contributed by atoms with E-state index in [9.17, 15) is 4.79 Å². The Morgan fingerprint density at radius 3 is 1.59 bits per heavy atom. The van der Waals surface area contributed by atoms with Gasteiger partial charge in [0.25, 0.3) is 5.56 Å².